The lowest BCUT2D eigenvalue weighted by molar-refractivity contribution is 0.282. The van der Waals surface area contributed by atoms with Crippen molar-refractivity contribution in [3.8, 4) is 11.5 Å². The Morgan fingerprint density at radius 3 is 2.84 bits per heavy atom. The molecule has 6 nitrogen and oxygen atoms in total. The molecular formula is C17H16BrClN4O2. The standard InChI is InChI=1S/C17H16BrClN4O2/c1-24-15-7-11(8-20-17-21-10-22-23-17)6-13(18)16(15)25-9-12-4-2-3-5-14(12)19/h2-7,10H,8-9H2,1H3,(H2,20,21,22,23). The molecular weight excluding hydrogens is 408 g/mol. The molecule has 0 fully saturated rings. The normalized spacial score (nSPS) is 10.5. The minimum atomic E-state index is 0.351. The Labute approximate surface area is 158 Å². The monoisotopic (exact) mass is 422 g/mol. The van der Waals surface area contributed by atoms with E-state index < -0.39 is 0 Å². The van der Waals surface area contributed by atoms with Gasteiger partial charge in [-0.3, -0.25) is 0 Å². The van der Waals surface area contributed by atoms with Crippen LogP contribution < -0.4 is 14.8 Å². The first-order valence-corrected chi connectivity index (χ1v) is 8.66. The molecule has 8 heteroatoms. The van der Waals surface area contributed by atoms with Crippen LogP contribution in [0, 0.1) is 0 Å². The van der Waals surface area contributed by atoms with E-state index in [9.17, 15) is 0 Å². The quantitative estimate of drug-likeness (QED) is 0.588. The summed E-state index contributed by atoms with van der Waals surface area (Å²) in [6.07, 6.45) is 1.45. The number of hydrogen-bond acceptors (Lipinski definition) is 5. The minimum Gasteiger partial charge on any atom is -0.493 e. The van der Waals surface area contributed by atoms with Crippen molar-refractivity contribution in [2.24, 2.45) is 0 Å². The highest BCUT2D eigenvalue weighted by atomic mass is 79.9. The Balaban J connectivity index is 1.74. The molecule has 0 saturated carbocycles. The fraction of sp³-hybridized carbons (Fsp3) is 0.176. The Kier molecular flexibility index (Phi) is 5.78. The molecule has 0 spiro atoms. The minimum absolute atomic E-state index is 0.351. The summed E-state index contributed by atoms with van der Waals surface area (Å²) < 4.78 is 12.2. The van der Waals surface area contributed by atoms with Crippen LogP contribution in [0.25, 0.3) is 0 Å². The number of nitrogens with one attached hydrogen (secondary N) is 2. The average Bonchev–Trinajstić information content (AvgIpc) is 3.13. The number of anilines is 1. The second-order valence-corrected chi connectivity index (χ2v) is 6.44. The van der Waals surface area contributed by atoms with Crippen LogP contribution in [0.1, 0.15) is 11.1 Å². The number of H-pyrrole nitrogens is 1. The molecule has 0 atom stereocenters. The summed E-state index contributed by atoms with van der Waals surface area (Å²) in [6.45, 7) is 0.916. The summed E-state index contributed by atoms with van der Waals surface area (Å²) in [7, 11) is 1.61. The zero-order chi connectivity index (χ0) is 17.6. The Morgan fingerprint density at radius 1 is 1.28 bits per heavy atom. The first-order valence-electron chi connectivity index (χ1n) is 7.49. The third-order valence-corrected chi connectivity index (χ3v) is 4.45. The van der Waals surface area contributed by atoms with Crippen molar-refractivity contribution in [2.45, 2.75) is 13.2 Å². The zero-order valence-corrected chi connectivity index (χ0v) is 15.8. The largest absolute Gasteiger partial charge is 0.493 e. The molecule has 3 aromatic rings. The van der Waals surface area contributed by atoms with Crippen LogP contribution in [0.4, 0.5) is 5.95 Å². The lowest BCUT2D eigenvalue weighted by atomic mass is 10.2. The molecule has 0 radical (unpaired) electrons. The summed E-state index contributed by atoms with van der Waals surface area (Å²) in [4.78, 5) is 4.03. The van der Waals surface area contributed by atoms with Crippen LogP contribution in [0.3, 0.4) is 0 Å². The molecule has 0 aliphatic heterocycles. The number of rotatable bonds is 7. The fourth-order valence-electron chi connectivity index (χ4n) is 2.26. The molecule has 25 heavy (non-hydrogen) atoms. The molecule has 1 heterocycles. The predicted octanol–water partition coefficient (Wildman–Crippen LogP) is 4.42. The summed E-state index contributed by atoms with van der Waals surface area (Å²) in [5, 5.41) is 10.4. The van der Waals surface area contributed by atoms with E-state index in [0.29, 0.717) is 35.6 Å². The van der Waals surface area contributed by atoms with E-state index in [-0.39, 0.29) is 0 Å². The van der Waals surface area contributed by atoms with Crippen molar-refractivity contribution in [1.29, 1.82) is 0 Å². The van der Waals surface area contributed by atoms with Gasteiger partial charge in [-0.2, -0.15) is 5.10 Å². The maximum absolute atomic E-state index is 6.17. The first kappa shape index (κ1) is 17.6. The topological polar surface area (TPSA) is 72.1 Å². The van der Waals surface area contributed by atoms with Gasteiger partial charge in [-0.15, -0.1) is 0 Å². The third-order valence-electron chi connectivity index (χ3n) is 3.49. The molecule has 0 aliphatic carbocycles. The summed E-state index contributed by atoms with van der Waals surface area (Å²) >= 11 is 9.72. The van der Waals surface area contributed by atoms with E-state index in [1.807, 2.05) is 36.4 Å². The molecule has 2 aromatic carbocycles. The van der Waals surface area contributed by atoms with E-state index in [1.165, 1.54) is 6.33 Å². The number of ether oxygens (including phenoxy) is 2. The maximum Gasteiger partial charge on any atom is 0.218 e. The Hall–Kier alpha value is -2.25. The molecule has 0 amide bonds. The van der Waals surface area contributed by atoms with Crippen LogP contribution >= 0.6 is 27.5 Å². The highest BCUT2D eigenvalue weighted by Gasteiger charge is 2.13. The van der Waals surface area contributed by atoms with Crippen molar-refractivity contribution < 1.29 is 9.47 Å². The van der Waals surface area contributed by atoms with Crippen LogP contribution in [-0.2, 0) is 13.2 Å². The number of halogens is 2. The van der Waals surface area contributed by atoms with E-state index in [1.54, 1.807) is 7.11 Å². The number of aromatic nitrogens is 3. The molecule has 3 rings (SSSR count). The van der Waals surface area contributed by atoms with Crippen LogP contribution in [-0.4, -0.2) is 22.3 Å². The van der Waals surface area contributed by atoms with E-state index in [0.717, 1.165) is 15.6 Å². The average molecular weight is 424 g/mol. The summed E-state index contributed by atoms with van der Waals surface area (Å²) in [6, 6.07) is 11.5. The second-order valence-electron chi connectivity index (χ2n) is 5.18. The fourth-order valence-corrected chi connectivity index (χ4v) is 3.05. The van der Waals surface area contributed by atoms with Gasteiger partial charge < -0.3 is 14.8 Å². The summed E-state index contributed by atoms with van der Waals surface area (Å²) in [5.74, 6) is 1.87. The van der Waals surface area contributed by atoms with Gasteiger partial charge in [0.15, 0.2) is 11.5 Å². The molecule has 0 unspecified atom stereocenters. The summed E-state index contributed by atoms with van der Waals surface area (Å²) in [5.41, 5.74) is 1.92. The number of benzene rings is 2. The van der Waals surface area contributed by atoms with Gasteiger partial charge in [-0.1, -0.05) is 29.8 Å². The second kappa shape index (κ2) is 8.22. The van der Waals surface area contributed by atoms with Gasteiger partial charge in [0.05, 0.1) is 11.6 Å². The Morgan fingerprint density at radius 2 is 2.12 bits per heavy atom. The van der Waals surface area contributed by atoms with Gasteiger partial charge >= 0.3 is 0 Å². The molecule has 2 N–H and O–H groups in total. The first-order chi connectivity index (χ1) is 12.2. The molecule has 130 valence electrons. The molecule has 0 saturated heterocycles. The van der Waals surface area contributed by atoms with Gasteiger partial charge in [-0.25, -0.2) is 10.1 Å². The highest BCUT2D eigenvalue weighted by molar-refractivity contribution is 9.10. The lowest BCUT2D eigenvalue weighted by Gasteiger charge is -2.15. The number of hydrogen-bond donors (Lipinski definition) is 2. The number of nitrogens with zero attached hydrogens (tertiary/aromatic N) is 2. The van der Waals surface area contributed by atoms with Crippen molar-refractivity contribution in [2.75, 3.05) is 12.4 Å². The molecule has 0 bridgehead atoms. The maximum atomic E-state index is 6.17. The van der Waals surface area contributed by atoms with Crippen LogP contribution in [0.15, 0.2) is 47.2 Å². The van der Waals surface area contributed by atoms with Crippen molar-refractivity contribution in [3.63, 3.8) is 0 Å². The van der Waals surface area contributed by atoms with Gasteiger partial charge in [0.1, 0.15) is 12.9 Å². The number of aromatic amines is 1. The Bertz CT molecular complexity index is 843. The van der Waals surface area contributed by atoms with Gasteiger partial charge in [0.25, 0.3) is 0 Å². The zero-order valence-electron chi connectivity index (χ0n) is 13.4. The highest BCUT2D eigenvalue weighted by Crippen LogP contribution is 2.37. The van der Waals surface area contributed by atoms with E-state index in [4.69, 9.17) is 21.1 Å². The van der Waals surface area contributed by atoms with Gasteiger partial charge in [0.2, 0.25) is 5.95 Å². The SMILES string of the molecule is COc1cc(CNc2ncn[nH]2)cc(Br)c1OCc1ccccc1Cl. The van der Waals surface area contributed by atoms with Crippen molar-refractivity contribution in [1.82, 2.24) is 15.2 Å². The smallest absolute Gasteiger partial charge is 0.218 e. The van der Waals surface area contributed by atoms with Crippen molar-refractivity contribution in [3.05, 3.63) is 63.3 Å². The van der Waals surface area contributed by atoms with E-state index >= 15 is 0 Å². The number of methoxy groups -OCH3 is 1. The molecule has 1 aromatic heterocycles. The molecule has 0 aliphatic rings. The van der Waals surface area contributed by atoms with Crippen molar-refractivity contribution >= 4 is 33.5 Å². The predicted molar refractivity (Wildman–Crippen MR) is 100 cm³/mol. The lowest BCUT2D eigenvalue weighted by Crippen LogP contribution is -2.03. The van der Waals surface area contributed by atoms with E-state index in [2.05, 4.69) is 36.4 Å². The van der Waals surface area contributed by atoms with Gasteiger partial charge in [0, 0.05) is 17.1 Å². The third kappa shape index (κ3) is 4.43. The van der Waals surface area contributed by atoms with Gasteiger partial charge in [-0.05, 0) is 39.7 Å². The van der Waals surface area contributed by atoms with Crippen LogP contribution in [0.2, 0.25) is 5.02 Å². The van der Waals surface area contributed by atoms with Crippen LogP contribution in [0.5, 0.6) is 11.5 Å².